The van der Waals surface area contributed by atoms with Gasteiger partial charge in [-0.1, -0.05) is 63.8 Å². The average Bonchev–Trinajstić information content (AvgIpc) is 3.05. The van der Waals surface area contributed by atoms with E-state index < -0.39 is 0 Å². The lowest BCUT2D eigenvalue weighted by Gasteiger charge is -2.55. The van der Waals surface area contributed by atoms with E-state index in [2.05, 4.69) is 39.8 Å². The Balaban J connectivity index is 1.49. The number of aliphatic hydroxyl groups is 2. The molecule has 8 atom stereocenters. The maximum Gasteiger partial charge on any atom is 0.0578 e. The molecule has 0 saturated heterocycles. The summed E-state index contributed by atoms with van der Waals surface area (Å²) < 4.78 is 0. The molecule has 4 aliphatic carbocycles. The summed E-state index contributed by atoms with van der Waals surface area (Å²) in [4.78, 5) is 0. The predicted molar refractivity (Wildman–Crippen MR) is 120 cm³/mol. The van der Waals surface area contributed by atoms with Crippen molar-refractivity contribution >= 4 is 0 Å². The Morgan fingerprint density at radius 2 is 1.79 bits per heavy atom. The van der Waals surface area contributed by atoms with Gasteiger partial charge in [-0.3, -0.25) is 0 Å². The SMILES string of the molecule is CC(CO)CCC[C@@H](C)[C@H]1CC[C@H]2C3=CC=C4C[C@@H](O)CC[C@@]4(C)[C@@H]3CC[C@]12C. The Bertz CT molecular complexity index is 663. The van der Waals surface area contributed by atoms with Crippen molar-refractivity contribution in [3.8, 4) is 0 Å². The lowest BCUT2D eigenvalue weighted by atomic mass is 9.50. The summed E-state index contributed by atoms with van der Waals surface area (Å²) in [5.41, 5.74) is 4.06. The van der Waals surface area contributed by atoms with E-state index in [9.17, 15) is 10.2 Å². The molecule has 3 saturated carbocycles. The second kappa shape index (κ2) is 8.15. The van der Waals surface area contributed by atoms with E-state index in [0.29, 0.717) is 29.3 Å². The van der Waals surface area contributed by atoms with Gasteiger partial charge in [-0.25, -0.2) is 0 Å². The molecule has 0 aromatic carbocycles. The van der Waals surface area contributed by atoms with E-state index >= 15 is 0 Å². The summed E-state index contributed by atoms with van der Waals surface area (Å²) in [7, 11) is 0. The fourth-order valence-electron chi connectivity index (χ4n) is 8.04. The Morgan fingerprint density at radius 3 is 2.55 bits per heavy atom. The van der Waals surface area contributed by atoms with Crippen LogP contribution in [0.1, 0.15) is 91.9 Å². The highest BCUT2D eigenvalue weighted by Crippen LogP contribution is 2.66. The number of allylic oxidation sites excluding steroid dienone is 3. The van der Waals surface area contributed by atoms with Crippen LogP contribution in [0.25, 0.3) is 0 Å². The summed E-state index contributed by atoms with van der Waals surface area (Å²) in [6.45, 7) is 10.1. The van der Waals surface area contributed by atoms with Crippen LogP contribution in [0.3, 0.4) is 0 Å². The predicted octanol–water partition coefficient (Wildman–Crippen LogP) is 6.28. The highest BCUT2D eigenvalue weighted by molar-refractivity contribution is 5.38. The lowest BCUT2D eigenvalue weighted by molar-refractivity contribution is 0.0321. The van der Waals surface area contributed by atoms with Gasteiger partial charge in [-0.05, 0) is 91.8 Å². The molecule has 4 rings (SSSR count). The molecule has 2 N–H and O–H groups in total. The van der Waals surface area contributed by atoms with Gasteiger partial charge in [0.1, 0.15) is 0 Å². The minimum Gasteiger partial charge on any atom is -0.396 e. The molecule has 4 aliphatic rings. The van der Waals surface area contributed by atoms with Crippen molar-refractivity contribution in [1.29, 1.82) is 0 Å². The Morgan fingerprint density at radius 1 is 1.00 bits per heavy atom. The third kappa shape index (κ3) is 3.67. The van der Waals surface area contributed by atoms with Crippen LogP contribution in [0, 0.1) is 40.4 Å². The summed E-state index contributed by atoms with van der Waals surface area (Å²) in [6, 6.07) is 0. The fraction of sp³-hybridized carbons (Fsp3) is 0.852. The van der Waals surface area contributed by atoms with Crippen molar-refractivity contribution in [2.24, 2.45) is 40.4 Å². The van der Waals surface area contributed by atoms with Gasteiger partial charge < -0.3 is 10.2 Å². The summed E-state index contributed by atoms with van der Waals surface area (Å²) in [5, 5.41) is 19.5. The number of rotatable bonds is 6. The zero-order valence-corrected chi connectivity index (χ0v) is 19.3. The molecule has 29 heavy (non-hydrogen) atoms. The molecule has 3 fully saturated rings. The van der Waals surface area contributed by atoms with Gasteiger partial charge in [0.05, 0.1) is 6.10 Å². The van der Waals surface area contributed by atoms with Crippen molar-refractivity contribution in [3.05, 3.63) is 23.3 Å². The second-order valence-corrected chi connectivity index (χ2v) is 11.7. The third-order valence-corrected chi connectivity index (χ3v) is 9.97. The number of hydrogen-bond acceptors (Lipinski definition) is 2. The monoisotopic (exact) mass is 400 g/mol. The molecule has 0 aromatic rings. The second-order valence-electron chi connectivity index (χ2n) is 11.7. The van der Waals surface area contributed by atoms with Crippen LogP contribution in [0.2, 0.25) is 0 Å². The molecule has 0 aromatic heterocycles. The van der Waals surface area contributed by atoms with Gasteiger partial charge in [0.2, 0.25) is 0 Å². The first-order valence-electron chi connectivity index (χ1n) is 12.5. The highest BCUT2D eigenvalue weighted by Gasteiger charge is 2.56. The Kier molecular flexibility index (Phi) is 6.08. The molecule has 0 spiro atoms. The molecular formula is C27H44O2. The standard InChI is InChI=1S/C27H44O2/c1-18(17-28)6-5-7-19(2)23-10-11-24-22-9-8-20-16-21(29)12-14-26(20,3)25(22)13-15-27(23,24)4/h8-9,18-19,21,23-25,28-29H,5-7,10-17H2,1-4H3/t18?,19-,21+,23-,24+,25-,26-,27-/m1/s1. The molecular weight excluding hydrogens is 356 g/mol. The zero-order valence-electron chi connectivity index (χ0n) is 19.3. The van der Waals surface area contributed by atoms with E-state index in [0.717, 1.165) is 37.0 Å². The molecule has 0 aliphatic heterocycles. The topological polar surface area (TPSA) is 40.5 Å². The third-order valence-electron chi connectivity index (χ3n) is 9.97. The van der Waals surface area contributed by atoms with Gasteiger partial charge in [-0.15, -0.1) is 0 Å². The van der Waals surface area contributed by atoms with Crippen LogP contribution in [-0.4, -0.2) is 22.9 Å². The molecule has 2 nitrogen and oxygen atoms in total. The van der Waals surface area contributed by atoms with Crippen LogP contribution < -0.4 is 0 Å². The van der Waals surface area contributed by atoms with Crippen LogP contribution in [0.15, 0.2) is 23.3 Å². The highest BCUT2D eigenvalue weighted by atomic mass is 16.3. The molecule has 0 bridgehead atoms. The summed E-state index contributed by atoms with van der Waals surface area (Å²) in [6.07, 6.45) is 17.1. The molecule has 0 radical (unpaired) electrons. The first-order chi connectivity index (χ1) is 13.8. The minimum atomic E-state index is -0.122. The largest absolute Gasteiger partial charge is 0.396 e. The summed E-state index contributed by atoms with van der Waals surface area (Å²) in [5.74, 6) is 3.58. The van der Waals surface area contributed by atoms with Gasteiger partial charge >= 0.3 is 0 Å². The molecule has 2 heteroatoms. The van der Waals surface area contributed by atoms with Crippen LogP contribution in [0.5, 0.6) is 0 Å². The Hall–Kier alpha value is -0.600. The fourth-order valence-corrected chi connectivity index (χ4v) is 8.04. The molecule has 1 unspecified atom stereocenters. The number of aliphatic hydroxyl groups excluding tert-OH is 2. The van der Waals surface area contributed by atoms with E-state index in [1.54, 1.807) is 5.57 Å². The van der Waals surface area contributed by atoms with Gasteiger partial charge in [-0.2, -0.15) is 0 Å². The van der Waals surface area contributed by atoms with Crippen molar-refractivity contribution in [1.82, 2.24) is 0 Å². The maximum absolute atomic E-state index is 10.2. The van der Waals surface area contributed by atoms with E-state index in [-0.39, 0.29) is 6.10 Å². The van der Waals surface area contributed by atoms with E-state index in [4.69, 9.17) is 0 Å². The maximum atomic E-state index is 10.2. The van der Waals surface area contributed by atoms with Gasteiger partial charge in [0.15, 0.2) is 0 Å². The Labute approximate surface area is 178 Å². The average molecular weight is 401 g/mol. The van der Waals surface area contributed by atoms with Crippen LogP contribution in [0.4, 0.5) is 0 Å². The van der Waals surface area contributed by atoms with Crippen molar-refractivity contribution < 1.29 is 10.2 Å². The zero-order chi connectivity index (χ0) is 20.8. The lowest BCUT2D eigenvalue weighted by Crippen LogP contribution is -2.46. The van der Waals surface area contributed by atoms with Crippen molar-refractivity contribution in [3.63, 3.8) is 0 Å². The molecule has 0 heterocycles. The van der Waals surface area contributed by atoms with E-state index in [1.165, 1.54) is 50.5 Å². The van der Waals surface area contributed by atoms with E-state index in [1.807, 2.05) is 0 Å². The van der Waals surface area contributed by atoms with Crippen LogP contribution in [-0.2, 0) is 0 Å². The van der Waals surface area contributed by atoms with Crippen LogP contribution >= 0.6 is 0 Å². The first-order valence-corrected chi connectivity index (χ1v) is 12.5. The van der Waals surface area contributed by atoms with Gasteiger partial charge in [0, 0.05) is 6.61 Å². The quantitative estimate of drug-likeness (QED) is 0.551. The summed E-state index contributed by atoms with van der Waals surface area (Å²) >= 11 is 0. The first kappa shape index (κ1) is 21.6. The smallest absolute Gasteiger partial charge is 0.0578 e. The van der Waals surface area contributed by atoms with Crippen molar-refractivity contribution in [2.75, 3.05) is 6.61 Å². The number of fused-ring (bicyclic) bond motifs is 5. The van der Waals surface area contributed by atoms with Crippen molar-refractivity contribution in [2.45, 2.75) is 98.0 Å². The van der Waals surface area contributed by atoms with Gasteiger partial charge in [0.25, 0.3) is 0 Å². The minimum absolute atomic E-state index is 0.122. The molecule has 164 valence electrons. The number of hydrogen-bond donors (Lipinski definition) is 2. The normalized spacial score (nSPS) is 43.5. The molecule has 0 amide bonds.